The monoisotopic (exact) mass is 2070 g/mol. The molecule has 12 heterocycles. The van der Waals surface area contributed by atoms with Gasteiger partial charge in [0.25, 0.3) is 11.8 Å². The van der Waals surface area contributed by atoms with Crippen LogP contribution in [0, 0.1) is 20.8 Å². The molecular weight excluding hydrogens is 1990 g/mol. The SMILES string of the molecule is CC(=O)c1nn(CC(=O)N2C[C@@H](N)[C@H](F)[C@H]2C(=O)Nc2cccc(Br)n2)c2ccc(-c3cnc(C)nc3)cc12.CC(=O)c1nn(CC(=O)N2C[C@@H](N=[N+]=[N-])[C@H](F)[C@H]2C(=O)Nc2cccc(Br)n2)c2ccc(-c3cnc(C)nc3)cc12.CC(=O)c1nn(CC(=O)N2C[C@H](F)[C@@H](N)[C@H]2C(=O)Nc2cccc(Br)n2)c2ccc(-c3cnc(C)nc3)cc12.c1ccc(P(c2ccccc2)c2ccccc2)cc1. The van der Waals surface area contributed by atoms with E-state index in [0.717, 1.165) is 48.1 Å². The summed E-state index contributed by atoms with van der Waals surface area (Å²) in [6.07, 6.45) is 4.75. The molecule has 9 aromatic heterocycles. The fraction of sp³-hybridized carbons (Fsp3) is 0.219. The van der Waals surface area contributed by atoms with Crippen LogP contribution in [0.25, 0.3) is 76.5 Å². The number of benzene rings is 6. The van der Waals surface area contributed by atoms with Crippen molar-refractivity contribution in [3.05, 3.63) is 296 Å². The molecule has 6 amide bonds. The minimum absolute atomic E-state index is 0.148. The highest BCUT2D eigenvalue weighted by Gasteiger charge is 2.51. The molecule has 0 saturated carbocycles. The average Bonchev–Trinajstić information content (AvgIpc) is 1.62. The minimum Gasteiger partial charge on any atom is -0.326 e. The van der Waals surface area contributed by atoms with E-state index in [2.05, 4.69) is 225 Å². The summed E-state index contributed by atoms with van der Waals surface area (Å²) in [4.78, 5) is 160. The number of halogens is 6. The first-order valence-electron chi connectivity index (χ1n) is 42.9. The number of hydrogen-bond acceptors (Lipinski definition) is 24. The largest absolute Gasteiger partial charge is 0.326 e. The number of fused-ring (bicyclic) bond motifs is 3. The third-order valence-electron chi connectivity index (χ3n) is 22.7. The van der Waals surface area contributed by atoms with Crippen LogP contribution in [0.5, 0.6) is 0 Å². The molecule has 9 atom stereocenters. The van der Waals surface area contributed by atoms with Crippen LogP contribution in [0.4, 0.5) is 30.6 Å². The normalized spacial score (nSPS) is 17.6. The molecule has 18 rings (SSSR count). The Morgan fingerprint density at radius 2 is 0.725 bits per heavy atom. The van der Waals surface area contributed by atoms with Gasteiger partial charge in [-0.25, -0.2) is 58.0 Å². The summed E-state index contributed by atoms with van der Waals surface area (Å²) in [5.41, 5.74) is 27.5. The Labute approximate surface area is 812 Å². The fourth-order valence-corrected chi connectivity index (χ4v) is 19.3. The fourth-order valence-electron chi connectivity index (χ4n) is 16.0. The number of carbonyl (C=O) groups is 9. The third kappa shape index (κ3) is 22.4. The molecule has 35 nitrogen and oxygen atoms in total. The molecule has 15 aromatic rings. The number of hydrogen-bond donors (Lipinski definition) is 5. The van der Waals surface area contributed by atoms with Crippen molar-refractivity contribution >= 4 is 175 Å². The first-order valence-corrected chi connectivity index (χ1v) is 46.6. The lowest BCUT2D eigenvalue weighted by Crippen LogP contribution is -2.51. The quantitative estimate of drug-likeness (QED) is 0.0105. The summed E-state index contributed by atoms with van der Waals surface area (Å²) in [6, 6.07) is 55.1. The Morgan fingerprint density at radius 1 is 0.413 bits per heavy atom. The van der Waals surface area contributed by atoms with E-state index in [0.29, 0.717) is 64.0 Å². The van der Waals surface area contributed by atoms with Crippen molar-refractivity contribution in [2.24, 2.45) is 16.6 Å². The van der Waals surface area contributed by atoms with Crippen molar-refractivity contribution in [3.8, 4) is 33.4 Å². The number of nitrogens with two attached hydrogens (primary N) is 2. The molecule has 0 aliphatic carbocycles. The standard InChI is InChI=1S/C26H22BrFN10O3.2C26H24BrFN8O3.C18H15P/c1-13(39)24-17-8-15(16-9-30-14(2)31-10-16)6-7-19(17)38(35-24)12-22(40)37-11-18(34-36-29)23(28)25(37)26(41)33-21-5-3-4-20(27)32-21;1-13(37)24-17-8-15(16-9-30-14(2)31-10-16)6-7-19(17)36(34-24)12-22(38)35-11-18(29)23(28)25(35)26(39)33-21-5-3-4-20(27)32-21;1-13(37)24-17-8-15(16-9-30-14(2)31-10-16)6-7-19(17)36(34-24)12-22(38)35-11-18(28)23(29)25(35)26(39)33-21-5-3-4-20(27)32-21;1-4-10-16(11-5-1)19(17-12-6-2-7-13-17)18-14-8-3-9-15-18/h3-10,18,23,25H,11-12H2,1-2H3,(H,32,33,41);2*3-10,18,23,25H,11-12,29H2,1-2H3,(H,32,33,39);1-15H/t2*18-,23+,25+;18-,23+,25-;/m110./s1. The summed E-state index contributed by atoms with van der Waals surface area (Å²) in [7, 11) is -0.446. The molecule has 0 unspecified atom stereocenters. The number of amides is 6. The van der Waals surface area contributed by atoms with E-state index < -0.39 is 105 Å². The van der Waals surface area contributed by atoms with Gasteiger partial charge in [-0.2, -0.15) is 15.3 Å². The highest BCUT2D eigenvalue weighted by atomic mass is 79.9. The zero-order valence-corrected chi connectivity index (χ0v) is 80.0. The van der Waals surface area contributed by atoms with Gasteiger partial charge in [0, 0.05) is 109 Å². The zero-order valence-electron chi connectivity index (χ0n) is 74.4. The summed E-state index contributed by atoms with van der Waals surface area (Å²) in [5, 5.41) is 30.0. The number of nitrogens with zero attached hydrogens (tertiary/aromatic N) is 21. The molecule has 138 heavy (non-hydrogen) atoms. The number of likely N-dealkylation sites (tertiary alicyclic amines) is 3. The van der Waals surface area contributed by atoms with Crippen LogP contribution in [-0.4, -0.2) is 216 Å². The lowest BCUT2D eigenvalue weighted by atomic mass is 10.0. The summed E-state index contributed by atoms with van der Waals surface area (Å²) in [5.74, 6) is -2.42. The number of nitrogens with one attached hydrogen (secondary N) is 3. The van der Waals surface area contributed by atoms with Crippen molar-refractivity contribution in [2.45, 2.75) is 116 Å². The van der Waals surface area contributed by atoms with E-state index in [9.17, 15) is 47.5 Å². The van der Waals surface area contributed by atoms with Crippen LogP contribution in [0.2, 0.25) is 0 Å². The van der Waals surface area contributed by atoms with Crippen molar-refractivity contribution in [1.29, 1.82) is 0 Å². The van der Waals surface area contributed by atoms with Crippen LogP contribution in [-0.2, 0) is 48.4 Å². The van der Waals surface area contributed by atoms with Crippen LogP contribution in [0.15, 0.2) is 256 Å². The molecule has 0 bridgehead atoms. The zero-order chi connectivity index (χ0) is 97.9. The summed E-state index contributed by atoms with van der Waals surface area (Å²) in [6.45, 7) is 7.62. The molecule has 3 aliphatic heterocycles. The third-order valence-corrected chi connectivity index (χ3v) is 26.5. The minimum atomic E-state index is -1.96. The summed E-state index contributed by atoms with van der Waals surface area (Å²) >= 11 is 9.66. The molecular formula is C96H85Br3F3N26O9P. The second-order valence-corrected chi connectivity index (χ2v) is 36.8. The predicted octanol–water partition coefficient (Wildman–Crippen LogP) is 12.8. The first-order chi connectivity index (χ1) is 66.3. The van der Waals surface area contributed by atoms with Gasteiger partial charge in [0.1, 0.15) is 122 Å². The van der Waals surface area contributed by atoms with Gasteiger partial charge in [0.2, 0.25) is 23.6 Å². The highest BCUT2D eigenvalue weighted by molar-refractivity contribution is 9.11. The number of azide groups is 1. The number of carbonyl (C=O) groups excluding carboxylic acids is 9. The van der Waals surface area contributed by atoms with E-state index in [-0.39, 0.29) is 84.6 Å². The maximum Gasteiger partial charge on any atom is 0.251 e. The van der Waals surface area contributed by atoms with Crippen LogP contribution >= 0.6 is 55.7 Å². The van der Waals surface area contributed by atoms with Crippen molar-refractivity contribution in [2.75, 3.05) is 35.6 Å². The molecule has 0 radical (unpaired) electrons. The van der Waals surface area contributed by atoms with E-state index in [1.807, 2.05) is 12.1 Å². The second-order valence-electron chi connectivity index (χ2n) is 32.2. The number of alkyl halides is 3. The van der Waals surface area contributed by atoms with Gasteiger partial charge in [-0.15, -0.1) is 0 Å². The summed E-state index contributed by atoms with van der Waals surface area (Å²) < 4.78 is 50.7. The number of ketones is 3. The Morgan fingerprint density at radius 3 is 1.04 bits per heavy atom. The number of pyridine rings is 3. The van der Waals surface area contributed by atoms with Gasteiger partial charge in [0.05, 0.1) is 41.2 Å². The first kappa shape index (κ1) is 97.7. The van der Waals surface area contributed by atoms with E-state index in [1.54, 1.807) is 149 Å². The Kier molecular flexibility index (Phi) is 30.7. The maximum absolute atomic E-state index is 15.4. The number of rotatable bonds is 22. The van der Waals surface area contributed by atoms with Crippen LogP contribution in [0.1, 0.15) is 69.7 Å². The lowest BCUT2D eigenvalue weighted by molar-refractivity contribution is -0.138. The molecule has 3 saturated heterocycles. The Hall–Kier alpha value is -14.9. The van der Waals surface area contributed by atoms with Gasteiger partial charge in [0.15, 0.2) is 17.3 Å². The van der Waals surface area contributed by atoms with Crippen molar-refractivity contribution < 1.29 is 56.3 Å². The topological polar surface area (TPSA) is 470 Å². The number of anilines is 3. The van der Waals surface area contributed by atoms with Gasteiger partial charge in [-0.1, -0.05) is 133 Å². The predicted molar refractivity (Wildman–Crippen MR) is 523 cm³/mol. The average molecular weight is 2070 g/mol. The smallest absolute Gasteiger partial charge is 0.251 e. The van der Waals surface area contributed by atoms with E-state index in [1.165, 1.54) is 56.8 Å². The van der Waals surface area contributed by atoms with E-state index in [4.69, 9.17) is 17.0 Å². The van der Waals surface area contributed by atoms with Gasteiger partial charge in [-0.3, -0.25) is 57.2 Å². The molecule has 6 aromatic carbocycles. The van der Waals surface area contributed by atoms with E-state index >= 15 is 8.78 Å². The Balaban J connectivity index is 0.000000143. The van der Waals surface area contributed by atoms with Crippen LogP contribution < -0.4 is 43.3 Å². The molecule has 0 spiro atoms. The van der Waals surface area contributed by atoms with Gasteiger partial charge in [-0.05, 0) is 187 Å². The molecule has 42 heteroatoms. The number of aryl methyl sites for hydroxylation is 3. The number of Topliss-reactive ketones (excluding diaryl/α,β-unsaturated/α-hetero) is 3. The maximum atomic E-state index is 15.4. The van der Waals surface area contributed by atoms with Crippen LogP contribution in [0.3, 0.4) is 0 Å². The number of aromatic nitrogens is 15. The molecule has 3 aliphatic rings. The van der Waals surface area contributed by atoms with Crippen molar-refractivity contribution in [3.63, 3.8) is 0 Å². The Bertz CT molecular complexity index is 6850. The second kappa shape index (κ2) is 43.4. The highest BCUT2D eigenvalue weighted by Crippen LogP contribution is 2.36. The van der Waals surface area contributed by atoms with Gasteiger partial charge >= 0.3 is 0 Å². The van der Waals surface area contributed by atoms with Gasteiger partial charge < -0.3 is 42.1 Å². The molecule has 700 valence electrons. The lowest BCUT2D eigenvalue weighted by Gasteiger charge is -2.25. The molecule has 7 N–H and O–H groups in total. The van der Waals surface area contributed by atoms with Crippen molar-refractivity contribution in [1.82, 2.24) is 88.9 Å². The molecule has 3 fully saturated rings.